The third kappa shape index (κ3) is 2.11. The second kappa shape index (κ2) is 4.82. The van der Waals surface area contributed by atoms with E-state index < -0.39 is 6.10 Å². The Balaban J connectivity index is 1.86. The van der Waals surface area contributed by atoms with Gasteiger partial charge in [-0.25, -0.2) is 0 Å². The molecule has 1 aromatic heterocycles. The van der Waals surface area contributed by atoms with Crippen LogP contribution in [0, 0.1) is 0 Å². The van der Waals surface area contributed by atoms with Crippen LogP contribution in [-0.4, -0.2) is 22.5 Å². The smallest absolute Gasteiger partial charge is 0.260 e. The van der Waals surface area contributed by atoms with Crippen LogP contribution in [0.2, 0.25) is 0 Å². The molecular weight excluding hydrogens is 240 g/mol. The standard InChI is InChI=1S/C15H14N2O2/c18-14(11-5-2-1-3-6-11)15(19)17-10-8-12-13(17)7-4-9-16-12/h1-7,9,14,18H,8,10H2/t14-/m0/s1. The van der Waals surface area contributed by atoms with E-state index in [2.05, 4.69) is 4.98 Å². The maximum Gasteiger partial charge on any atom is 0.260 e. The number of benzene rings is 1. The Hall–Kier alpha value is -2.20. The maximum absolute atomic E-state index is 12.4. The summed E-state index contributed by atoms with van der Waals surface area (Å²) in [6, 6.07) is 12.7. The van der Waals surface area contributed by atoms with Crippen molar-refractivity contribution in [3.63, 3.8) is 0 Å². The number of amides is 1. The molecule has 2 aromatic rings. The first-order valence-corrected chi connectivity index (χ1v) is 6.25. The van der Waals surface area contributed by atoms with Crippen molar-refractivity contribution in [1.29, 1.82) is 0 Å². The molecule has 19 heavy (non-hydrogen) atoms. The minimum Gasteiger partial charge on any atom is -0.378 e. The number of carbonyl (C=O) groups is 1. The van der Waals surface area contributed by atoms with E-state index in [1.54, 1.807) is 29.3 Å². The average molecular weight is 254 g/mol. The molecule has 1 aromatic carbocycles. The molecule has 2 heterocycles. The highest BCUT2D eigenvalue weighted by atomic mass is 16.3. The summed E-state index contributed by atoms with van der Waals surface area (Å²) < 4.78 is 0. The molecule has 1 amide bonds. The summed E-state index contributed by atoms with van der Waals surface area (Å²) in [4.78, 5) is 18.2. The van der Waals surface area contributed by atoms with Crippen LogP contribution in [0.4, 0.5) is 5.69 Å². The van der Waals surface area contributed by atoms with Crippen molar-refractivity contribution in [1.82, 2.24) is 4.98 Å². The fourth-order valence-corrected chi connectivity index (χ4v) is 2.36. The molecule has 1 aliphatic rings. The van der Waals surface area contributed by atoms with E-state index in [0.717, 1.165) is 17.8 Å². The Kier molecular flexibility index (Phi) is 3.01. The van der Waals surface area contributed by atoms with Gasteiger partial charge in [-0.2, -0.15) is 0 Å². The van der Waals surface area contributed by atoms with Gasteiger partial charge in [-0.3, -0.25) is 9.78 Å². The second-order valence-corrected chi connectivity index (χ2v) is 4.52. The third-order valence-electron chi connectivity index (χ3n) is 3.34. The lowest BCUT2D eigenvalue weighted by molar-refractivity contribution is -0.126. The zero-order chi connectivity index (χ0) is 13.2. The maximum atomic E-state index is 12.4. The van der Waals surface area contributed by atoms with Gasteiger partial charge in [0.2, 0.25) is 0 Å². The average Bonchev–Trinajstić information content (AvgIpc) is 2.90. The number of aromatic nitrogens is 1. The van der Waals surface area contributed by atoms with Gasteiger partial charge in [0.05, 0.1) is 11.4 Å². The summed E-state index contributed by atoms with van der Waals surface area (Å²) in [6.07, 6.45) is 1.34. The van der Waals surface area contributed by atoms with Gasteiger partial charge in [-0.15, -0.1) is 0 Å². The molecule has 0 unspecified atom stereocenters. The Morgan fingerprint density at radius 3 is 2.79 bits per heavy atom. The van der Waals surface area contributed by atoms with Gasteiger partial charge in [0.1, 0.15) is 0 Å². The molecule has 0 fully saturated rings. The Morgan fingerprint density at radius 2 is 2.00 bits per heavy atom. The predicted octanol–water partition coefficient (Wildman–Crippen LogP) is 1.70. The second-order valence-electron chi connectivity index (χ2n) is 4.52. The quantitative estimate of drug-likeness (QED) is 0.887. The van der Waals surface area contributed by atoms with E-state index >= 15 is 0 Å². The highest BCUT2D eigenvalue weighted by Gasteiger charge is 2.30. The summed E-state index contributed by atoms with van der Waals surface area (Å²) in [5.41, 5.74) is 2.34. The van der Waals surface area contributed by atoms with Crippen molar-refractivity contribution in [3.05, 3.63) is 59.9 Å². The molecule has 0 saturated heterocycles. The van der Waals surface area contributed by atoms with Crippen molar-refractivity contribution >= 4 is 11.6 Å². The van der Waals surface area contributed by atoms with Gasteiger partial charge in [-0.05, 0) is 17.7 Å². The number of aliphatic hydroxyl groups is 1. The number of rotatable bonds is 2. The predicted molar refractivity (Wildman–Crippen MR) is 71.7 cm³/mol. The van der Waals surface area contributed by atoms with Gasteiger partial charge in [0.25, 0.3) is 5.91 Å². The minimum absolute atomic E-state index is 0.294. The molecule has 0 saturated carbocycles. The minimum atomic E-state index is -1.12. The molecule has 0 aliphatic carbocycles. The van der Waals surface area contributed by atoms with Crippen LogP contribution < -0.4 is 4.90 Å². The Morgan fingerprint density at radius 1 is 1.21 bits per heavy atom. The molecule has 0 bridgehead atoms. The number of anilines is 1. The van der Waals surface area contributed by atoms with E-state index in [4.69, 9.17) is 0 Å². The summed E-state index contributed by atoms with van der Waals surface area (Å²) in [6.45, 7) is 0.578. The monoisotopic (exact) mass is 254 g/mol. The number of nitrogens with zero attached hydrogens (tertiary/aromatic N) is 2. The Bertz CT molecular complexity index is 598. The van der Waals surface area contributed by atoms with Crippen molar-refractivity contribution in [2.75, 3.05) is 11.4 Å². The summed E-state index contributed by atoms with van der Waals surface area (Å²) in [7, 11) is 0. The zero-order valence-electron chi connectivity index (χ0n) is 10.4. The fraction of sp³-hybridized carbons (Fsp3) is 0.200. The number of fused-ring (bicyclic) bond motifs is 1. The lowest BCUT2D eigenvalue weighted by Crippen LogP contribution is -2.33. The SMILES string of the molecule is O=C([C@@H](O)c1ccccc1)N1CCc2ncccc21. The van der Waals surface area contributed by atoms with E-state index in [1.165, 1.54) is 0 Å². The number of hydrogen-bond donors (Lipinski definition) is 1. The molecule has 96 valence electrons. The molecule has 1 aliphatic heterocycles. The van der Waals surface area contributed by atoms with Crippen LogP contribution in [0.15, 0.2) is 48.7 Å². The van der Waals surface area contributed by atoms with Gasteiger partial charge in [-0.1, -0.05) is 30.3 Å². The molecular formula is C15H14N2O2. The van der Waals surface area contributed by atoms with Crippen molar-refractivity contribution in [2.45, 2.75) is 12.5 Å². The van der Waals surface area contributed by atoms with E-state index in [0.29, 0.717) is 12.1 Å². The van der Waals surface area contributed by atoms with Crippen LogP contribution in [0.3, 0.4) is 0 Å². The number of carbonyl (C=O) groups excluding carboxylic acids is 1. The van der Waals surface area contributed by atoms with Gasteiger partial charge >= 0.3 is 0 Å². The topological polar surface area (TPSA) is 53.4 Å². The Labute approximate surface area is 111 Å². The van der Waals surface area contributed by atoms with Gasteiger partial charge in [0, 0.05) is 19.2 Å². The van der Waals surface area contributed by atoms with Gasteiger partial charge in [0.15, 0.2) is 6.10 Å². The molecule has 4 nitrogen and oxygen atoms in total. The molecule has 3 rings (SSSR count). The van der Waals surface area contributed by atoms with Crippen LogP contribution in [0.25, 0.3) is 0 Å². The highest BCUT2D eigenvalue weighted by molar-refractivity contribution is 5.98. The van der Waals surface area contributed by atoms with Crippen molar-refractivity contribution in [3.8, 4) is 0 Å². The first kappa shape index (κ1) is 11.9. The first-order chi connectivity index (χ1) is 9.27. The lowest BCUT2D eigenvalue weighted by Gasteiger charge is -2.20. The van der Waals surface area contributed by atoms with Crippen molar-refractivity contribution < 1.29 is 9.90 Å². The normalized spacial score (nSPS) is 15.1. The van der Waals surface area contributed by atoms with Crippen LogP contribution in [0.1, 0.15) is 17.4 Å². The summed E-state index contributed by atoms with van der Waals surface area (Å²) in [5, 5.41) is 10.2. The fourth-order valence-electron chi connectivity index (χ4n) is 2.36. The summed E-state index contributed by atoms with van der Waals surface area (Å²) >= 11 is 0. The largest absolute Gasteiger partial charge is 0.378 e. The zero-order valence-corrected chi connectivity index (χ0v) is 10.4. The molecule has 1 N–H and O–H groups in total. The lowest BCUT2D eigenvalue weighted by atomic mass is 10.1. The molecule has 4 heteroatoms. The number of pyridine rings is 1. The number of hydrogen-bond acceptors (Lipinski definition) is 3. The van der Waals surface area contributed by atoms with E-state index in [-0.39, 0.29) is 5.91 Å². The van der Waals surface area contributed by atoms with Crippen LogP contribution in [-0.2, 0) is 11.2 Å². The van der Waals surface area contributed by atoms with E-state index in [9.17, 15) is 9.90 Å². The van der Waals surface area contributed by atoms with Crippen molar-refractivity contribution in [2.24, 2.45) is 0 Å². The number of aliphatic hydroxyl groups excluding tert-OH is 1. The van der Waals surface area contributed by atoms with Crippen LogP contribution >= 0.6 is 0 Å². The summed E-state index contributed by atoms with van der Waals surface area (Å²) in [5.74, 6) is -0.294. The first-order valence-electron chi connectivity index (χ1n) is 6.25. The van der Waals surface area contributed by atoms with Crippen LogP contribution in [0.5, 0.6) is 0 Å². The molecule has 1 atom stereocenters. The highest BCUT2D eigenvalue weighted by Crippen LogP contribution is 2.28. The molecule has 0 radical (unpaired) electrons. The molecule has 0 spiro atoms. The van der Waals surface area contributed by atoms with Gasteiger partial charge < -0.3 is 10.0 Å². The van der Waals surface area contributed by atoms with E-state index in [1.807, 2.05) is 24.3 Å². The third-order valence-corrected chi connectivity index (χ3v) is 3.34.